The number of nitrogens with zero attached hydrogens (tertiary/aromatic N) is 4. The number of carbonyl (C=O) groups excluding carboxylic acids is 1. The van der Waals surface area contributed by atoms with E-state index in [4.69, 9.17) is 4.74 Å². The number of hydrogen-bond donors (Lipinski definition) is 1. The highest BCUT2D eigenvalue weighted by Gasteiger charge is 2.18. The number of anilines is 1. The zero-order valence-electron chi connectivity index (χ0n) is 18.5. The van der Waals surface area contributed by atoms with Gasteiger partial charge in [-0.2, -0.15) is 5.10 Å². The minimum absolute atomic E-state index is 0.135. The Morgan fingerprint density at radius 3 is 2.59 bits per heavy atom. The van der Waals surface area contributed by atoms with E-state index in [2.05, 4.69) is 15.4 Å². The Kier molecular flexibility index (Phi) is 5.77. The Morgan fingerprint density at radius 1 is 1.12 bits per heavy atom. The number of hydrogen-bond acceptors (Lipinski definition) is 5. The summed E-state index contributed by atoms with van der Waals surface area (Å²) in [6, 6.07) is 15.0. The topological polar surface area (TPSA) is 91.0 Å². The van der Waals surface area contributed by atoms with Gasteiger partial charge in [0, 0.05) is 31.6 Å². The molecule has 2 heterocycles. The van der Waals surface area contributed by atoms with Crippen molar-refractivity contribution in [3.05, 3.63) is 75.8 Å². The van der Waals surface area contributed by atoms with Crippen molar-refractivity contribution in [1.82, 2.24) is 19.3 Å². The number of amides is 1. The predicted molar refractivity (Wildman–Crippen MR) is 124 cm³/mol. The summed E-state index contributed by atoms with van der Waals surface area (Å²) < 4.78 is 8.46. The van der Waals surface area contributed by atoms with E-state index in [0.29, 0.717) is 28.3 Å². The number of rotatable bonds is 6. The second-order valence-corrected chi connectivity index (χ2v) is 7.71. The summed E-state index contributed by atoms with van der Waals surface area (Å²) in [5.41, 5.74) is 4.74. The van der Waals surface area contributed by atoms with E-state index in [1.54, 1.807) is 47.7 Å². The summed E-state index contributed by atoms with van der Waals surface area (Å²) in [6.45, 7) is 3.88. The fraction of sp³-hybridized carbons (Fsp3) is 0.250. The molecular weight excluding hydrogens is 406 g/mol. The van der Waals surface area contributed by atoms with E-state index in [1.165, 1.54) is 0 Å². The normalized spacial score (nSPS) is 11.0. The van der Waals surface area contributed by atoms with Crippen molar-refractivity contribution in [3.63, 3.8) is 0 Å². The monoisotopic (exact) mass is 431 g/mol. The van der Waals surface area contributed by atoms with Crippen LogP contribution < -0.4 is 15.6 Å². The maximum atomic E-state index is 13.0. The molecule has 1 N–H and O–H groups in total. The molecule has 2 aromatic carbocycles. The van der Waals surface area contributed by atoms with Gasteiger partial charge in [-0.05, 0) is 38.1 Å². The van der Waals surface area contributed by atoms with Crippen molar-refractivity contribution in [1.29, 1.82) is 0 Å². The van der Waals surface area contributed by atoms with Crippen LogP contribution in [0.5, 0.6) is 5.75 Å². The molecule has 0 atom stereocenters. The molecule has 4 aromatic rings. The maximum Gasteiger partial charge on any atom is 0.273 e. The van der Waals surface area contributed by atoms with Crippen molar-refractivity contribution in [2.24, 2.45) is 7.05 Å². The number of fused-ring (bicyclic) bond motifs is 1. The lowest BCUT2D eigenvalue weighted by Gasteiger charge is -2.09. The third-order valence-electron chi connectivity index (χ3n) is 5.34. The third-order valence-corrected chi connectivity index (χ3v) is 5.34. The highest BCUT2D eigenvalue weighted by atomic mass is 16.5. The van der Waals surface area contributed by atoms with E-state index in [-0.39, 0.29) is 24.3 Å². The van der Waals surface area contributed by atoms with Crippen LogP contribution in [0.1, 0.15) is 23.4 Å². The van der Waals surface area contributed by atoms with Crippen LogP contribution in [0.4, 0.5) is 5.69 Å². The van der Waals surface area contributed by atoms with Gasteiger partial charge in [-0.25, -0.2) is 9.67 Å². The van der Waals surface area contributed by atoms with Crippen molar-refractivity contribution in [2.75, 3.05) is 12.4 Å². The van der Waals surface area contributed by atoms with Gasteiger partial charge in [-0.3, -0.25) is 14.2 Å². The lowest BCUT2D eigenvalue weighted by atomic mass is 10.2. The highest BCUT2D eigenvalue weighted by Crippen LogP contribution is 2.20. The molecule has 0 aliphatic carbocycles. The SMILES string of the molecule is COc1cccc(NC(=O)CCc2nc3c(C)nn(-c4ccc(C)cc4)c3n(C)c2=O)c1. The number of aromatic nitrogens is 4. The van der Waals surface area contributed by atoms with Gasteiger partial charge in [-0.15, -0.1) is 0 Å². The fourth-order valence-corrected chi connectivity index (χ4v) is 3.60. The number of methoxy groups -OCH3 is 1. The van der Waals surface area contributed by atoms with Gasteiger partial charge in [0.25, 0.3) is 5.56 Å². The van der Waals surface area contributed by atoms with Crippen LogP contribution in [0.2, 0.25) is 0 Å². The van der Waals surface area contributed by atoms with E-state index < -0.39 is 0 Å². The van der Waals surface area contributed by atoms with Crippen molar-refractivity contribution in [3.8, 4) is 11.4 Å². The molecule has 32 heavy (non-hydrogen) atoms. The van der Waals surface area contributed by atoms with Gasteiger partial charge in [0.15, 0.2) is 5.65 Å². The molecule has 4 rings (SSSR count). The molecule has 0 spiro atoms. The molecule has 164 valence electrons. The Hall–Kier alpha value is -3.94. The molecule has 0 saturated carbocycles. The average Bonchev–Trinajstić information content (AvgIpc) is 3.12. The molecule has 2 aromatic heterocycles. The molecule has 0 saturated heterocycles. The molecule has 0 radical (unpaired) electrons. The number of benzene rings is 2. The Bertz CT molecular complexity index is 1350. The lowest BCUT2D eigenvalue weighted by molar-refractivity contribution is -0.116. The first-order valence-electron chi connectivity index (χ1n) is 10.3. The smallest absolute Gasteiger partial charge is 0.273 e. The largest absolute Gasteiger partial charge is 0.497 e. The van der Waals surface area contributed by atoms with Crippen LogP contribution in [0, 0.1) is 13.8 Å². The second kappa shape index (κ2) is 8.66. The zero-order valence-corrected chi connectivity index (χ0v) is 18.5. The van der Waals surface area contributed by atoms with E-state index in [1.807, 2.05) is 38.1 Å². The van der Waals surface area contributed by atoms with Crippen molar-refractivity contribution < 1.29 is 9.53 Å². The van der Waals surface area contributed by atoms with Gasteiger partial charge in [-0.1, -0.05) is 23.8 Å². The lowest BCUT2D eigenvalue weighted by Crippen LogP contribution is -2.25. The van der Waals surface area contributed by atoms with Gasteiger partial charge >= 0.3 is 0 Å². The number of carbonyl (C=O) groups is 1. The summed E-state index contributed by atoms with van der Waals surface area (Å²) in [5, 5.41) is 7.43. The first-order chi connectivity index (χ1) is 15.4. The molecule has 0 aliphatic heterocycles. The molecule has 8 nitrogen and oxygen atoms in total. The molecule has 0 bridgehead atoms. The first-order valence-corrected chi connectivity index (χ1v) is 10.3. The third kappa shape index (κ3) is 4.12. The summed E-state index contributed by atoms with van der Waals surface area (Å²) >= 11 is 0. The van der Waals surface area contributed by atoms with Crippen LogP contribution in [0.3, 0.4) is 0 Å². The van der Waals surface area contributed by atoms with Gasteiger partial charge in [0.1, 0.15) is 17.0 Å². The molecular formula is C24H25N5O3. The van der Waals surface area contributed by atoms with Gasteiger partial charge < -0.3 is 10.1 Å². The van der Waals surface area contributed by atoms with Crippen LogP contribution >= 0.6 is 0 Å². The van der Waals surface area contributed by atoms with Crippen LogP contribution in [-0.2, 0) is 18.3 Å². The molecule has 8 heteroatoms. The predicted octanol–water partition coefficient (Wildman–Crippen LogP) is 3.32. The average molecular weight is 431 g/mol. The summed E-state index contributed by atoms with van der Waals surface area (Å²) in [5.74, 6) is 0.458. The maximum absolute atomic E-state index is 13.0. The quantitative estimate of drug-likeness (QED) is 0.506. The van der Waals surface area contributed by atoms with Gasteiger partial charge in [0.2, 0.25) is 5.91 Å². The van der Waals surface area contributed by atoms with E-state index in [9.17, 15) is 9.59 Å². The number of ether oxygens (including phenoxy) is 1. The van der Waals surface area contributed by atoms with Crippen LogP contribution in [-0.4, -0.2) is 32.3 Å². The molecule has 0 fully saturated rings. The van der Waals surface area contributed by atoms with E-state index in [0.717, 1.165) is 16.9 Å². The first kappa shape index (κ1) is 21.3. The van der Waals surface area contributed by atoms with Crippen LogP contribution in [0.15, 0.2) is 53.3 Å². The number of aryl methyl sites for hydroxylation is 4. The highest BCUT2D eigenvalue weighted by molar-refractivity contribution is 5.91. The molecule has 0 aliphatic rings. The summed E-state index contributed by atoms with van der Waals surface area (Å²) in [4.78, 5) is 30.0. The second-order valence-electron chi connectivity index (χ2n) is 7.71. The Morgan fingerprint density at radius 2 is 1.88 bits per heavy atom. The zero-order chi connectivity index (χ0) is 22.8. The minimum Gasteiger partial charge on any atom is -0.497 e. The van der Waals surface area contributed by atoms with Crippen molar-refractivity contribution >= 4 is 22.8 Å². The molecule has 1 amide bonds. The van der Waals surface area contributed by atoms with Gasteiger partial charge in [0.05, 0.1) is 18.5 Å². The summed E-state index contributed by atoms with van der Waals surface area (Å²) in [7, 11) is 3.28. The van der Waals surface area contributed by atoms with Crippen LogP contribution in [0.25, 0.3) is 16.9 Å². The molecule has 0 unspecified atom stereocenters. The number of nitrogens with one attached hydrogen (secondary N) is 1. The fourth-order valence-electron chi connectivity index (χ4n) is 3.60. The van der Waals surface area contributed by atoms with E-state index >= 15 is 0 Å². The minimum atomic E-state index is -0.236. The Labute approximate surface area is 185 Å². The standard InChI is InChI=1S/C24H25N5O3/c1-15-8-10-18(11-9-15)29-23-22(16(2)27-29)26-20(24(31)28(23)3)12-13-21(30)25-17-6-5-7-19(14-17)32-4/h5-11,14H,12-13H2,1-4H3,(H,25,30). The summed E-state index contributed by atoms with van der Waals surface area (Å²) in [6.07, 6.45) is 0.365. The Balaban J connectivity index is 1.59. The van der Waals surface area contributed by atoms with Crippen molar-refractivity contribution in [2.45, 2.75) is 26.7 Å².